The summed E-state index contributed by atoms with van der Waals surface area (Å²) in [7, 11) is 1.72. The lowest BCUT2D eigenvalue weighted by Gasteiger charge is -2.33. The summed E-state index contributed by atoms with van der Waals surface area (Å²) < 4.78 is 0. The summed E-state index contributed by atoms with van der Waals surface area (Å²) in [6.07, 6.45) is 5.84. The quantitative estimate of drug-likeness (QED) is 0.556. The molecule has 0 unspecified atom stereocenters. The van der Waals surface area contributed by atoms with Gasteiger partial charge in [0, 0.05) is 6.04 Å². The van der Waals surface area contributed by atoms with Gasteiger partial charge >= 0.3 is 0 Å². The van der Waals surface area contributed by atoms with Gasteiger partial charge in [-0.15, -0.1) is 0 Å². The second kappa shape index (κ2) is 12.2. The van der Waals surface area contributed by atoms with Crippen molar-refractivity contribution in [1.29, 1.82) is 0 Å². The van der Waals surface area contributed by atoms with Crippen LogP contribution in [0, 0.1) is 0 Å². The Balaban J connectivity index is 1.57. The maximum Gasteiger partial charge on any atom is 0.246 e. The number of amides is 3. The Hall–Kier alpha value is -3.19. The SMILES string of the molecule is CN[C@@H](C)C(=O)N[C@H]1CCCCC[C@H]2CC[C@@H](C(=O)NC(c3ccccc3)c3ccccc3)N2C1=O. The smallest absolute Gasteiger partial charge is 0.246 e. The van der Waals surface area contributed by atoms with Crippen molar-refractivity contribution in [2.24, 2.45) is 0 Å². The lowest BCUT2D eigenvalue weighted by molar-refractivity contribution is -0.143. The average molecular weight is 491 g/mol. The van der Waals surface area contributed by atoms with Gasteiger partial charge < -0.3 is 20.9 Å². The predicted molar refractivity (Wildman–Crippen MR) is 140 cm³/mol. The number of nitrogens with zero attached hydrogens (tertiary/aromatic N) is 1. The van der Waals surface area contributed by atoms with E-state index < -0.39 is 18.1 Å². The van der Waals surface area contributed by atoms with Gasteiger partial charge in [0.25, 0.3) is 0 Å². The highest BCUT2D eigenvalue weighted by Gasteiger charge is 2.44. The first-order valence-corrected chi connectivity index (χ1v) is 13.2. The van der Waals surface area contributed by atoms with Crippen LogP contribution in [0.25, 0.3) is 0 Å². The van der Waals surface area contributed by atoms with Crippen molar-refractivity contribution in [3.63, 3.8) is 0 Å². The fourth-order valence-electron chi connectivity index (χ4n) is 5.42. The summed E-state index contributed by atoms with van der Waals surface area (Å²) in [5.41, 5.74) is 1.99. The molecule has 3 amide bonds. The molecule has 0 bridgehead atoms. The fraction of sp³-hybridized carbons (Fsp3) is 0.483. The van der Waals surface area contributed by atoms with E-state index in [1.54, 1.807) is 18.9 Å². The zero-order valence-corrected chi connectivity index (χ0v) is 21.3. The minimum atomic E-state index is -0.610. The van der Waals surface area contributed by atoms with Crippen LogP contribution in [0.3, 0.4) is 0 Å². The Morgan fingerprint density at radius 2 is 1.47 bits per heavy atom. The number of likely N-dealkylation sites (N-methyl/N-ethyl adjacent to an activating group) is 1. The van der Waals surface area contributed by atoms with Crippen LogP contribution in [0.4, 0.5) is 0 Å². The van der Waals surface area contributed by atoms with E-state index in [0.29, 0.717) is 12.8 Å². The Morgan fingerprint density at radius 3 is 2.08 bits per heavy atom. The average Bonchev–Trinajstić information content (AvgIpc) is 3.36. The van der Waals surface area contributed by atoms with E-state index in [4.69, 9.17) is 0 Å². The van der Waals surface area contributed by atoms with Crippen LogP contribution < -0.4 is 16.0 Å². The van der Waals surface area contributed by atoms with E-state index in [9.17, 15) is 14.4 Å². The largest absolute Gasteiger partial charge is 0.343 e. The highest BCUT2D eigenvalue weighted by atomic mass is 16.2. The fourth-order valence-corrected chi connectivity index (χ4v) is 5.42. The van der Waals surface area contributed by atoms with Gasteiger partial charge in [-0.2, -0.15) is 0 Å². The highest BCUT2D eigenvalue weighted by molar-refractivity contribution is 5.94. The topological polar surface area (TPSA) is 90.5 Å². The zero-order chi connectivity index (χ0) is 25.5. The third-order valence-electron chi connectivity index (χ3n) is 7.58. The van der Waals surface area contributed by atoms with Crippen molar-refractivity contribution in [2.75, 3.05) is 7.05 Å². The summed E-state index contributed by atoms with van der Waals surface area (Å²) in [6, 6.07) is 18.0. The molecule has 4 atom stereocenters. The highest BCUT2D eigenvalue weighted by Crippen LogP contribution is 2.32. The first kappa shape index (κ1) is 25.9. The summed E-state index contributed by atoms with van der Waals surface area (Å²) in [5.74, 6) is -0.469. The minimum absolute atomic E-state index is 0.0272. The van der Waals surface area contributed by atoms with Crippen LogP contribution in [-0.2, 0) is 14.4 Å². The molecule has 2 saturated heterocycles. The number of carbonyl (C=O) groups is 3. The van der Waals surface area contributed by atoms with Crippen molar-refractivity contribution in [3.05, 3.63) is 71.8 Å². The molecule has 192 valence electrons. The molecule has 0 aliphatic carbocycles. The number of hydrogen-bond acceptors (Lipinski definition) is 4. The number of hydrogen-bond donors (Lipinski definition) is 3. The predicted octanol–water partition coefficient (Wildman–Crippen LogP) is 3.31. The molecular weight excluding hydrogens is 452 g/mol. The van der Waals surface area contributed by atoms with Crippen molar-refractivity contribution >= 4 is 17.7 Å². The molecule has 36 heavy (non-hydrogen) atoms. The molecule has 2 aliphatic rings. The second-order valence-electron chi connectivity index (χ2n) is 9.96. The van der Waals surface area contributed by atoms with Crippen LogP contribution >= 0.6 is 0 Å². The van der Waals surface area contributed by atoms with Crippen molar-refractivity contribution < 1.29 is 14.4 Å². The van der Waals surface area contributed by atoms with Gasteiger partial charge in [0.1, 0.15) is 12.1 Å². The van der Waals surface area contributed by atoms with Crippen molar-refractivity contribution in [1.82, 2.24) is 20.9 Å². The molecule has 4 rings (SSSR count). The van der Waals surface area contributed by atoms with Crippen LogP contribution in [0.5, 0.6) is 0 Å². The van der Waals surface area contributed by atoms with Crippen LogP contribution in [0.2, 0.25) is 0 Å². The molecule has 2 fully saturated rings. The third-order valence-corrected chi connectivity index (χ3v) is 7.58. The van der Waals surface area contributed by atoms with Crippen molar-refractivity contribution in [2.45, 2.75) is 82.1 Å². The minimum Gasteiger partial charge on any atom is -0.343 e. The standard InChI is InChI=1S/C29H38N4O3/c1-20(30-2)27(34)31-24-17-11-5-10-16-23-18-19-25(33(23)29(24)36)28(35)32-26(21-12-6-3-7-13-21)22-14-8-4-9-15-22/h3-4,6-9,12-15,20,23-26,30H,5,10-11,16-19H2,1-2H3,(H,31,34)(H,32,35)/t20-,23-,24-,25-/m0/s1. The van der Waals surface area contributed by atoms with E-state index >= 15 is 0 Å². The molecule has 7 nitrogen and oxygen atoms in total. The zero-order valence-electron chi connectivity index (χ0n) is 21.3. The molecule has 0 radical (unpaired) electrons. The van der Waals surface area contributed by atoms with Gasteiger partial charge in [0.2, 0.25) is 17.7 Å². The lowest BCUT2D eigenvalue weighted by Crippen LogP contribution is -2.57. The van der Waals surface area contributed by atoms with E-state index in [1.165, 1.54) is 0 Å². The molecular formula is C29H38N4O3. The Kier molecular flexibility index (Phi) is 8.75. The van der Waals surface area contributed by atoms with Gasteiger partial charge in [-0.05, 0) is 50.8 Å². The Bertz CT molecular complexity index is 990. The molecule has 2 aliphatic heterocycles. The number of carbonyl (C=O) groups excluding carboxylic acids is 3. The molecule has 0 spiro atoms. The van der Waals surface area contributed by atoms with Crippen LogP contribution in [0.15, 0.2) is 60.7 Å². The number of benzene rings is 2. The van der Waals surface area contributed by atoms with Gasteiger partial charge in [-0.3, -0.25) is 14.4 Å². The Labute approximate surface area is 214 Å². The van der Waals surface area contributed by atoms with Gasteiger partial charge in [0.05, 0.1) is 12.1 Å². The summed E-state index contributed by atoms with van der Waals surface area (Å²) >= 11 is 0. The van der Waals surface area contributed by atoms with Gasteiger partial charge in [0.15, 0.2) is 0 Å². The maximum atomic E-state index is 13.8. The monoisotopic (exact) mass is 490 g/mol. The van der Waals surface area contributed by atoms with E-state index in [-0.39, 0.29) is 29.8 Å². The normalized spacial score (nSPS) is 23.2. The van der Waals surface area contributed by atoms with Gasteiger partial charge in [-0.1, -0.05) is 79.9 Å². The van der Waals surface area contributed by atoms with E-state index in [2.05, 4.69) is 16.0 Å². The van der Waals surface area contributed by atoms with Crippen LogP contribution in [0.1, 0.15) is 69.0 Å². The first-order valence-electron chi connectivity index (χ1n) is 13.2. The lowest BCUT2D eigenvalue weighted by atomic mass is 9.98. The molecule has 7 heteroatoms. The Morgan fingerprint density at radius 1 is 0.861 bits per heavy atom. The van der Waals surface area contributed by atoms with Crippen molar-refractivity contribution in [3.8, 4) is 0 Å². The van der Waals surface area contributed by atoms with Gasteiger partial charge in [-0.25, -0.2) is 0 Å². The number of fused-ring (bicyclic) bond motifs is 1. The number of nitrogens with one attached hydrogen (secondary N) is 3. The molecule has 2 aromatic rings. The molecule has 0 aromatic heterocycles. The second-order valence-corrected chi connectivity index (χ2v) is 9.96. The van der Waals surface area contributed by atoms with Crippen LogP contribution in [-0.4, -0.2) is 53.8 Å². The first-order chi connectivity index (χ1) is 17.5. The molecule has 3 N–H and O–H groups in total. The number of rotatable bonds is 7. The van der Waals surface area contributed by atoms with E-state index in [0.717, 1.165) is 43.2 Å². The molecule has 0 saturated carbocycles. The molecule has 2 aromatic carbocycles. The maximum absolute atomic E-state index is 13.8. The van der Waals surface area contributed by atoms with E-state index in [1.807, 2.05) is 60.7 Å². The summed E-state index contributed by atoms with van der Waals surface area (Å²) in [4.78, 5) is 42.0. The molecule has 2 heterocycles. The summed E-state index contributed by atoms with van der Waals surface area (Å²) in [6.45, 7) is 1.77. The third kappa shape index (κ3) is 5.95. The summed E-state index contributed by atoms with van der Waals surface area (Å²) in [5, 5.41) is 9.14.